The van der Waals surface area contributed by atoms with Crippen LogP contribution in [0.2, 0.25) is 0 Å². The number of quaternary nitrogens is 1. The molecule has 2 aromatic rings. The van der Waals surface area contributed by atoms with E-state index < -0.39 is 17.1 Å². The SMILES string of the molecule is CC[C@@H](C)[NH+]1CNc2c(c(=O)[nH]c(=O)n2-c2ccccc2F)C1. The van der Waals surface area contributed by atoms with Crippen LogP contribution in [0.15, 0.2) is 33.9 Å². The van der Waals surface area contributed by atoms with E-state index in [0.717, 1.165) is 6.42 Å². The van der Waals surface area contributed by atoms with Gasteiger partial charge in [-0.3, -0.25) is 9.78 Å². The molecule has 7 heteroatoms. The van der Waals surface area contributed by atoms with Crippen molar-refractivity contribution in [3.8, 4) is 5.69 Å². The minimum atomic E-state index is -0.640. The average Bonchev–Trinajstić information content (AvgIpc) is 2.55. The van der Waals surface area contributed by atoms with Crippen LogP contribution in [-0.2, 0) is 6.54 Å². The van der Waals surface area contributed by atoms with E-state index >= 15 is 0 Å². The summed E-state index contributed by atoms with van der Waals surface area (Å²) in [7, 11) is 0. The number of aromatic nitrogens is 2. The predicted molar refractivity (Wildman–Crippen MR) is 85.5 cm³/mol. The van der Waals surface area contributed by atoms with E-state index in [-0.39, 0.29) is 5.69 Å². The average molecular weight is 319 g/mol. The zero-order chi connectivity index (χ0) is 16.6. The maximum atomic E-state index is 14.1. The Hall–Kier alpha value is -2.41. The number of anilines is 1. The first kappa shape index (κ1) is 15.5. The molecule has 23 heavy (non-hydrogen) atoms. The van der Waals surface area contributed by atoms with Crippen LogP contribution in [0.4, 0.5) is 10.2 Å². The van der Waals surface area contributed by atoms with Crippen LogP contribution in [0.1, 0.15) is 25.8 Å². The van der Waals surface area contributed by atoms with Crippen LogP contribution >= 0.6 is 0 Å². The molecule has 1 aromatic carbocycles. The second kappa shape index (κ2) is 6.00. The largest absolute Gasteiger partial charge is 0.334 e. The maximum Gasteiger partial charge on any atom is 0.334 e. The van der Waals surface area contributed by atoms with E-state index in [0.29, 0.717) is 30.6 Å². The predicted octanol–water partition coefficient (Wildman–Crippen LogP) is 0.231. The molecule has 3 N–H and O–H groups in total. The van der Waals surface area contributed by atoms with Crippen molar-refractivity contribution in [2.75, 3.05) is 12.0 Å². The molecule has 0 bridgehead atoms. The van der Waals surface area contributed by atoms with Crippen molar-refractivity contribution >= 4 is 5.82 Å². The van der Waals surface area contributed by atoms with Crippen LogP contribution in [0.3, 0.4) is 0 Å². The number of H-pyrrole nitrogens is 1. The van der Waals surface area contributed by atoms with Crippen LogP contribution < -0.4 is 21.5 Å². The van der Waals surface area contributed by atoms with Crippen LogP contribution in [0.25, 0.3) is 5.69 Å². The van der Waals surface area contributed by atoms with E-state index in [1.165, 1.54) is 21.6 Å². The van der Waals surface area contributed by atoms with Gasteiger partial charge in [-0.05, 0) is 25.5 Å². The van der Waals surface area contributed by atoms with E-state index in [9.17, 15) is 14.0 Å². The minimum absolute atomic E-state index is 0.129. The summed E-state index contributed by atoms with van der Waals surface area (Å²) in [6.45, 7) is 5.29. The smallest absolute Gasteiger partial charge is 0.324 e. The number of nitrogens with zero attached hydrogens (tertiary/aromatic N) is 1. The molecule has 1 aliphatic rings. The molecule has 1 aromatic heterocycles. The summed E-state index contributed by atoms with van der Waals surface area (Å²) in [5.74, 6) is -0.127. The number of benzene rings is 1. The molecule has 0 radical (unpaired) electrons. The normalized spacial score (nSPS) is 18.1. The molecule has 1 unspecified atom stereocenters. The Morgan fingerprint density at radius 3 is 2.78 bits per heavy atom. The number of halogens is 1. The molecule has 0 spiro atoms. The molecule has 1 aliphatic heterocycles. The van der Waals surface area contributed by atoms with Crippen LogP contribution in [0.5, 0.6) is 0 Å². The summed E-state index contributed by atoms with van der Waals surface area (Å²) in [5.41, 5.74) is -0.442. The first-order valence-electron chi connectivity index (χ1n) is 7.74. The highest BCUT2D eigenvalue weighted by Crippen LogP contribution is 2.18. The first-order chi connectivity index (χ1) is 11.0. The lowest BCUT2D eigenvalue weighted by molar-refractivity contribution is -0.935. The fraction of sp³-hybridized carbons (Fsp3) is 0.375. The summed E-state index contributed by atoms with van der Waals surface area (Å²) in [6, 6.07) is 6.40. The van der Waals surface area contributed by atoms with Crippen molar-refractivity contribution in [3.05, 3.63) is 56.5 Å². The number of aromatic amines is 1. The number of nitrogens with one attached hydrogen (secondary N) is 3. The van der Waals surface area contributed by atoms with Crippen molar-refractivity contribution in [1.29, 1.82) is 0 Å². The molecule has 0 aliphatic carbocycles. The van der Waals surface area contributed by atoms with Crippen molar-refractivity contribution < 1.29 is 9.29 Å². The van der Waals surface area contributed by atoms with E-state index in [1.54, 1.807) is 12.1 Å². The molecule has 0 fully saturated rings. The molecule has 0 saturated carbocycles. The zero-order valence-corrected chi connectivity index (χ0v) is 13.1. The third kappa shape index (κ3) is 2.68. The summed E-state index contributed by atoms with van der Waals surface area (Å²) in [5, 5.41) is 3.14. The lowest BCUT2D eigenvalue weighted by Crippen LogP contribution is -3.16. The number of hydrogen-bond donors (Lipinski definition) is 3. The number of rotatable bonds is 3. The molecule has 3 rings (SSSR count). The van der Waals surface area contributed by atoms with Gasteiger partial charge in [0.25, 0.3) is 5.56 Å². The first-order valence-corrected chi connectivity index (χ1v) is 7.74. The van der Waals surface area contributed by atoms with Gasteiger partial charge < -0.3 is 10.2 Å². The van der Waals surface area contributed by atoms with Gasteiger partial charge in [-0.2, -0.15) is 0 Å². The molecule has 2 heterocycles. The molecule has 6 nitrogen and oxygen atoms in total. The summed E-state index contributed by atoms with van der Waals surface area (Å²) < 4.78 is 15.3. The quantitative estimate of drug-likeness (QED) is 0.758. The Balaban J connectivity index is 2.17. The van der Waals surface area contributed by atoms with E-state index in [2.05, 4.69) is 24.1 Å². The lowest BCUT2D eigenvalue weighted by Gasteiger charge is -2.31. The standard InChI is InChI=1S/C16H19FN4O2/c1-3-10(2)20-8-11-14(18-9-20)21(16(23)19-15(11)22)13-7-5-4-6-12(13)17/h4-7,10,18H,3,8-9H2,1-2H3,(H,19,22,23)/p+1/t10-/m1/s1. The van der Waals surface area contributed by atoms with Crippen LogP contribution in [0, 0.1) is 5.82 Å². The van der Waals surface area contributed by atoms with Gasteiger partial charge in [0.1, 0.15) is 23.7 Å². The second-order valence-corrected chi connectivity index (χ2v) is 5.87. The van der Waals surface area contributed by atoms with Gasteiger partial charge >= 0.3 is 5.69 Å². The molecule has 122 valence electrons. The third-order valence-electron chi connectivity index (χ3n) is 4.50. The van der Waals surface area contributed by atoms with Gasteiger partial charge in [0.05, 0.1) is 11.7 Å². The second-order valence-electron chi connectivity index (χ2n) is 5.87. The Morgan fingerprint density at radius 2 is 2.09 bits per heavy atom. The third-order valence-corrected chi connectivity index (χ3v) is 4.50. The highest BCUT2D eigenvalue weighted by molar-refractivity contribution is 5.51. The topological polar surface area (TPSA) is 71.3 Å². The van der Waals surface area contributed by atoms with Gasteiger partial charge in [-0.25, -0.2) is 13.8 Å². The van der Waals surface area contributed by atoms with Gasteiger partial charge in [0, 0.05) is 0 Å². The van der Waals surface area contributed by atoms with Crippen molar-refractivity contribution in [1.82, 2.24) is 9.55 Å². The number of para-hydroxylation sites is 1. The molecular weight excluding hydrogens is 299 g/mol. The van der Waals surface area contributed by atoms with Crippen molar-refractivity contribution in [3.63, 3.8) is 0 Å². The summed E-state index contributed by atoms with van der Waals surface area (Å²) >= 11 is 0. The van der Waals surface area contributed by atoms with Gasteiger partial charge in [0.2, 0.25) is 0 Å². The Bertz CT molecular complexity index is 843. The summed E-state index contributed by atoms with van der Waals surface area (Å²) in [6.07, 6.45) is 0.983. The molecule has 0 saturated heterocycles. The number of fused-ring (bicyclic) bond motifs is 1. The lowest BCUT2D eigenvalue weighted by atomic mass is 10.1. The Morgan fingerprint density at radius 1 is 1.35 bits per heavy atom. The van der Waals surface area contributed by atoms with E-state index in [4.69, 9.17) is 0 Å². The molecular formula is C16H20FN4O2+. The van der Waals surface area contributed by atoms with Gasteiger partial charge in [0.15, 0.2) is 6.67 Å². The summed E-state index contributed by atoms with van der Waals surface area (Å²) in [4.78, 5) is 27.9. The Labute approximate surface area is 132 Å². The highest BCUT2D eigenvalue weighted by atomic mass is 19.1. The van der Waals surface area contributed by atoms with Gasteiger partial charge in [-0.1, -0.05) is 19.1 Å². The fourth-order valence-corrected chi connectivity index (χ4v) is 2.91. The van der Waals surface area contributed by atoms with Gasteiger partial charge in [-0.15, -0.1) is 0 Å². The van der Waals surface area contributed by atoms with E-state index in [1.807, 2.05) is 0 Å². The minimum Gasteiger partial charge on any atom is -0.324 e. The van der Waals surface area contributed by atoms with Crippen molar-refractivity contribution in [2.45, 2.75) is 32.9 Å². The number of hydrogen-bond acceptors (Lipinski definition) is 3. The molecule has 0 amide bonds. The fourth-order valence-electron chi connectivity index (χ4n) is 2.91. The van der Waals surface area contributed by atoms with Crippen molar-refractivity contribution in [2.24, 2.45) is 0 Å². The monoisotopic (exact) mass is 319 g/mol. The highest BCUT2D eigenvalue weighted by Gasteiger charge is 2.28. The zero-order valence-electron chi connectivity index (χ0n) is 13.1. The van der Waals surface area contributed by atoms with Crippen LogP contribution in [-0.4, -0.2) is 22.3 Å². The Kier molecular flexibility index (Phi) is 4.04. The maximum absolute atomic E-state index is 14.1. The molecule has 2 atom stereocenters.